The molecule has 1 amide bonds. The summed E-state index contributed by atoms with van der Waals surface area (Å²) in [6.07, 6.45) is 4.45. The average Bonchev–Trinajstić information content (AvgIpc) is 2.48. The van der Waals surface area contributed by atoms with Crippen molar-refractivity contribution in [2.24, 2.45) is 5.92 Å². The number of amides is 1. The van der Waals surface area contributed by atoms with Gasteiger partial charge in [-0.05, 0) is 25.8 Å². The standard InChI is InChI=1S/C10H20N2O/c1-3-9-6-10(12(2)7-9)4-5-11-8-13/h8-10H,3-7H2,1-2H3,(H,11,13)/t9-,10-/m1/s1. The van der Waals surface area contributed by atoms with Gasteiger partial charge in [0.15, 0.2) is 0 Å². The average molecular weight is 184 g/mol. The Bertz CT molecular complexity index is 161. The maximum atomic E-state index is 10.1. The minimum atomic E-state index is 0.678. The van der Waals surface area contributed by atoms with E-state index < -0.39 is 0 Å². The van der Waals surface area contributed by atoms with E-state index in [1.54, 1.807) is 0 Å². The topological polar surface area (TPSA) is 32.3 Å². The summed E-state index contributed by atoms with van der Waals surface area (Å²) in [4.78, 5) is 12.5. The van der Waals surface area contributed by atoms with Gasteiger partial charge in [-0.1, -0.05) is 13.3 Å². The van der Waals surface area contributed by atoms with Gasteiger partial charge in [0.05, 0.1) is 0 Å². The van der Waals surface area contributed by atoms with E-state index in [4.69, 9.17) is 0 Å². The molecule has 0 bridgehead atoms. The highest BCUT2D eigenvalue weighted by Gasteiger charge is 2.27. The number of nitrogens with one attached hydrogen (secondary N) is 1. The molecule has 0 spiro atoms. The first-order valence-electron chi connectivity index (χ1n) is 5.15. The zero-order valence-electron chi connectivity index (χ0n) is 8.62. The first-order chi connectivity index (χ1) is 6.27. The van der Waals surface area contributed by atoms with Crippen molar-refractivity contribution in [2.45, 2.75) is 32.2 Å². The summed E-state index contributed by atoms with van der Waals surface area (Å²) in [5, 5.41) is 2.72. The van der Waals surface area contributed by atoms with E-state index in [-0.39, 0.29) is 0 Å². The molecule has 1 rings (SSSR count). The SMILES string of the molecule is CC[C@@H]1C[C@@H](CCNC=O)N(C)C1. The van der Waals surface area contributed by atoms with Gasteiger partial charge in [-0.3, -0.25) is 4.79 Å². The summed E-state index contributed by atoms with van der Waals surface area (Å²) >= 11 is 0. The molecule has 13 heavy (non-hydrogen) atoms. The highest BCUT2D eigenvalue weighted by Crippen LogP contribution is 2.25. The van der Waals surface area contributed by atoms with Gasteiger partial charge in [-0.2, -0.15) is 0 Å². The van der Waals surface area contributed by atoms with Crippen LogP contribution in [0.1, 0.15) is 26.2 Å². The second-order valence-corrected chi connectivity index (χ2v) is 3.96. The van der Waals surface area contributed by atoms with E-state index >= 15 is 0 Å². The fourth-order valence-electron chi connectivity index (χ4n) is 2.14. The lowest BCUT2D eigenvalue weighted by molar-refractivity contribution is -0.109. The van der Waals surface area contributed by atoms with Gasteiger partial charge in [0, 0.05) is 19.1 Å². The van der Waals surface area contributed by atoms with Gasteiger partial charge in [0.25, 0.3) is 0 Å². The van der Waals surface area contributed by atoms with Gasteiger partial charge in [0.1, 0.15) is 0 Å². The molecule has 2 atom stereocenters. The lowest BCUT2D eigenvalue weighted by Crippen LogP contribution is -2.28. The number of likely N-dealkylation sites (tertiary alicyclic amines) is 1. The Labute approximate surface area is 80.5 Å². The van der Waals surface area contributed by atoms with Crippen LogP contribution in [-0.4, -0.2) is 37.5 Å². The smallest absolute Gasteiger partial charge is 0.207 e. The molecule has 1 N–H and O–H groups in total. The van der Waals surface area contributed by atoms with Crippen molar-refractivity contribution < 1.29 is 4.79 Å². The molecule has 1 aliphatic heterocycles. The molecule has 0 radical (unpaired) electrons. The van der Waals surface area contributed by atoms with Crippen molar-refractivity contribution >= 4 is 6.41 Å². The number of rotatable bonds is 5. The number of carbonyl (C=O) groups is 1. The third kappa shape index (κ3) is 2.99. The van der Waals surface area contributed by atoms with Crippen LogP contribution in [0, 0.1) is 5.92 Å². The van der Waals surface area contributed by atoms with E-state index in [1.165, 1.54) is 19.4 Å². The quantitative estimate of drug-likeness (QED) is 0.507. The Hall–Kier alpha value is -0.570. The van der Waals surface area contributed by atoms with Crippen LogP contribution in [-0.2, 0) is 4.79 Å². The number of nitrogens with zero attached hydrogens (tertiary/aromatic N) is 1. The second kappa shape index (κ2) is 5.22. The van der Waals surface area contributed by atoms with E-state index in [0.717, 1.165) is 25.3 Å². The van der Waals surface area contributed by atoms with Crippen molar-refractivity contribution in [1.29, 1.82) is 0 Å². The van der Waals surface area contributed by atoms with Gasteiger partial charge >= 0.3 is 0 Å². The molecular formula is C10H20N2O. The van der Waals surface area contributed by atoms with Gasteiger partial charge < -0.3 is 10.2 Å². The first kappa shape index (κ1) is 10.5. The zero-order valence-corrected chi connectivity index (χ0v) is 8.62. The van der Waals surface area contributed by atoms with Crippen LogP contribution in [0.5, 0.6) is 0 Å². The lowest BCUT2D eigenvalue weighted by Gasteiger charge is -2.18. The molecule has 0 aromatic carbocycles. The Morgan fingerprint density at radius 3 is 2.92 bits per heavy atom. The molecule has 1 saturated heterocycles. The number of hydrogen-bond donors (Lipinski definition) is 1. The normalized spacial score (nSPS) is 29.1. The molecule has 0 unspecified atom stereocenters. The summed E-state index contributed by atoms with van der Waals surface area (Å²) in [6.45, 7) is 4.29. The molecule has 1 aliphatic rings. The zero-order chi connectivity index (χ0) is 9.68. The maximum absolute atomic E-state index is 10.1. The Balaban J connectivity index is 2.22. The molecular weight excluding hydrogens is 164 g/mol. The minimum absolute atomic E-state index is 0.678. The highest BCUT2D eigenvalue weighted by molar-refractivity contribution is 5.45. The van der Waals surface area contributed by atoms with Crippen molar-refractivity contribution in [2.75, 3.05) is 20.1 Å². The number of hydrogen-bond acceptors (Lipinski definition) is 2. The Morgan fingerprint density at radius 2 is 2.38 bits per heavy atom. The Kier molecular flexibility index (Phi) is 4.22. The summed E-state index contributed by atoms with van der Waals surface area (Å²) in [5.74, 6) is 0.867. The van der Waals surface area contributed by atoms with Crippen molar-refractivity contribution in [3.8, 4) is 0 Å². The van der Waals surface area contributed by atoms with E-state index in [0.29, 0.717) is 6.04 Å². The molecule has 3 nitrogen and oxygen atoms in total. The Morgan fingerprint density at radius 1 is 1.62 bits per heavy atom. The van der Waals surface area contributed by atoms with E-state index in [9.17, 15) is 4.79 Å². The third-order valence-electron chi connectivity index (χ3n) is 3.06. The summed E-state index contributed by atoms with van der Waals surface area (Å²) < 4.78 is 0. The first-order valence-corrected chi connectivity index (χ1v) is 5.15. The van der Waals surface area contributed by atoms with Crippen molar-refractivity contribution in [3.63, 3.8) is 0 Å². The molecule has 1 heterocycles. The molecule has 3 heteroatoms. The second-order valence-electron chi connectivity index (χ2n) is 3.96. The fraction of sp³-hybridized carbons (Fsp3) is 0.900. The number of carbonyl (C=O) groups excluding carboxylic acids is 1. The van der Waals surface area contributed by atoms with E-state index in [2.05, 4.69) is 24.2 Å². The summed E-state index contributed by atoms with van der Waals surface area (Å²) in [5.41, 5.74) is 0. The molecule has 0 aromatic heterocycles. The molecule has 0 aliphatic carbocycles. The van der Waals surface area contributed by atoms with Gasteiger partial charge in [0.2, 0.25) is 6.41 Å². The van der Waals surface area contributed by atoms with Crippen LogP contribution in [0.3, 0.4) is 0 Å². The van der Waals surface area contributed by atoms with Gasteiger partial charge in [-0.25, -0.2) is 0 Å². The van der Waals surface area contributed by atoms with Gasteiger partial charge in [-0.15, -0.1) is 0 Å². The maximum Gasteiger partial charge on any atom is 0.207 e. The van der Waals surface area contributed by atoms with E-state index in [1.807, 2.05) is 0 Å². The largest absolute Gasteiger partial charge is 0.359 e. The predicted octanol–water partition coefficient (Wildman–Crippen LogP) is 0.853. The lowest BCUT2D eigenvalue weighted by atomic mass is 10.0. The van der Waals surface area contributed by atoms with Crippen LogP contribution in [0.15, 0.2) is 0 Å². The monoisotopic (exact) mass is 184 g/mol. The third-order valence-corrected chi connectivity index (χ3v) is 3.06. The molecule has 76 valence electrons. The minimum Gasteiger partial charge on any atom is -0.359 e. The fourth-order valence-corrected chi connectivity index (χ4v) is 2.14. The molecule has 0 aromatic rings. The van der Waals surface area contributed by atoms with Crippen LogP contribution in [0.4, 0.5) is 0 Å². The molecule has 0 saturated carbocycles. The highest BCUT2D eigenvalue weighted by atomic mass is 16.1. The summed E-state index contributed by atoms with van der Waals surface area (Å²) in [7, 11) is 2.18. The van der Waals surface area contributed by atoms with Crippen molar-refractivity contribution in [3.05, 3.63) is 0 Å². The van der Waals surface area contributed by atoms with Crippen LogP contribution < -0.4 is 5.32 Å². The van der Waals surface area contributed by atoms with Crippen LogP contribution in [0.2, 0.25) is 0 Å². The molecule has 1 fully saturated rings. The summed E-state index contributed by atoms with van der Waals surface area (Å²) in [6, 6.07) is 0.678. The van der Waals surface area contributed by atoms with Crippen LogP contribution >= 0.6 is 0 Å². The van der Waals surface area contributed by atoms with Crippen molar-refractivity contribution in [1.82, 2.24) is 10.2 Å². The van der Waals surface area contributed by atoms with Crippen LogP contribution in [0.25, 0.3) is 0 Å². The predicted molar refractivity (Wildman–Crippen MR) is 53.5 cm³/mol.